The third-order valence-electron chi connectivity index (χ3n) is 3.83. The third kappa shape index (κ3) is 20.4. The second-order valence-electron chi connectivity index (χ2n) is 6.63. The molecule has 0 radical (unpaired) electrons. The highest BCUT2D eigenvalue weighted by Gasteiger charge is 2.01. The SMILES string of the molecule is CCCCCC=CCC=CCC=CCC=CCCCC(=O)NC[C@@H](C)O. The number of hydrogen-bond donors (Lipinski definition) is 2. The van der Waals surface area contributed by atoms with Gasteiger partial charge < -0.3 is 10.4 Å². The zero-order valence-corrected chi connectivity index (χ0v) is 16.8. The number of amides is 1. The molecular formula is C23H39NO2. The number of nitrogens with one attached hydrogen (secondary N) is 1. The molecule has 0 saturated heterocycles. The number of carbonyl (C=O) groups excluding carboxylic acids is 1. The summed E-state index contributed by atoms with van der Waals surface area (Å²) in [6.07, 6.45) is 27.5. The van der Waals surface area contributed by atoms with E-state index in [9.17, 15) is 4.79 Å². The van der Waals surface area contributed by atoms with Crippen LogP contribution < -0.4 is 5.32 Å². The maximum absolute atomic E-state index is 11.4. The molecule has 1 atom stereocenters. The number of aliphatic hydroxyl groups is 1. The Morgan fingerprint density at radius 3 is 1.85 bits per heavy atom. The van der Waals surface area contributed by atoms with Gasteiger partial charge in [-0.15, -0.1) is 0 Å². The van der Waals surface area contributed by atoms with Crippen molar-refractivity contribution in [2.24, 2.45) is 0 Å². The Balaban J connectivity index is 3.47. The van der Waals surface area contributed by atoms with Crippen molar-refractivity contribution in [2.45, 2.75) is 84.2 Å². The Morgan fingerprint density at radius 1 is 0.846 bits per heavy atom. The predicted octanol–water partition coefficient (Wildman–Crippen LogP) is 5.63. The largest absolute Gasteiger partial charge is 0.392 e. The molecule has 0 aromatic heterocycles. The molecule has 0 saturated carbocycles. The van der Waals surface area contributed by atoms with Gasteiger partial charge in [-0.25, -0.2) is 0 Å². The molecule has 148 valence electrons. The molecule has 0 aliphatic heterocycles. The molecule has 0 unspecified atom stereocenters. The molecule has 0 fully saturated rings. The molecule has 0 aromatic rings. The summed E-state index contributed by atoms with van der Waals surface area (Å²) in [5.74, 6) is 0.0155. The zero-order valence-electron chi connectivity index (χ0n) is 16.8. The van der Waals surface area contributed by atoms with Crippen LogP contribution in [0.15, 0.2) is 48.6 Å². The number of unbranched alkanes of at least 4 members (excludes halogenated alkanes) is 4. The molecular weight excluding hydrogens is 322 g/mol. The topological polar surface area (TPSA) is 49.3 Å². The van der Waals surface area contributed by atoms with Crippen LogP contribution in [-0.4, -0.2) is 23.7 Å². The quantitative estimate of drug-likeness (QED) is 0.276. The molecule has 0 rings (SSSR count). The van der Waals surface area contributed by atoms with Crippen molar-refractivity contribution in [2.75, 3.05) is 6.54 Å². The summed E-state index contributed by atoms with van der Waals surface area (Å²) in [4.78, 5) is 11.4. The first kappa shape index (κ1) is 24.4. The monoisotopic (exact) mass is 361 g/mol. The van der Waals surface area contributed by atoms with Gasteiger partial charge in [-0.1, -0.05) is 68.4 Å². The Labute approximate surface area is 161 Å². The minimum atomic E-state index is -0.479. The van der Waals surface area contributed by atoms with Gasteiger partial charge >= 0.3 is 0 Å². The molecule has 3 nitrogen and oxygen atoms in total. The second kappa shape index (κ2) is 19.7. The second-order valence-corrected chi connectivity index (χ2v) is 6.63. The summed E-state index contributed by atoms with van der Waals surface area (Å²) in [6.45, 7) is 4.24. The zero-order chi connectivity index (χ0) is 19.3. The summed E-state index contributed by atoms with van der Waals surface area (Å²) in [5.41, 5.74) is 0. The van der Waals surface area contributed by atoms with Crippen LogP contribution in [0.4, 0.5) is 0 Å². The van der Waals surface area contributed by atoms with Crippen LogP contribution in [0.5, 0.6) is 0 Å². The molecule has 0 spiro atoms. The van der Waals surface area contributed by atoms with Crippen molar-refractivity contribution in [3.63, 3.8) is 0 Å². The van der Waals surface area contributed by atoms with Gasteiger partial charge in [-0.3, -0.25) is 4.79 Å². The first-order chi connectivity index (χ1) is 12.7. The predicted molar refractivity (Wildman–Crippen MR) is 113 cm³/mol. The van der Waals surface area contributed by atoms with Crippen molar-refractivity contribution in [1.29, 1.82) is 0 Å². The summed E-state index contributed by atoms with van der Waals surface area (Å²) in [7, 11) is 0. The van der Waals surface area contributed by atoms with Crippen molar-refractivity contribution in [3.8, 4) is 0 Å². The van der Waals surface area contributed by atoms with Gasteiger partial charge in [0.2, 0.25) is 5.91 Å². The first-order valence-electron chi connectivity index (χ1n) is 10.2. The number of aliphatic hydroxyl groups excluding tert-OH is 1. The normalized spacial score (nSPS) is 13.5. The van der Waals surface area contributed by atoms with Gasteiger partial charge in [-0.05, 0) is 51.9 Å². The molecule has 3 heteroatoms. The molecule has 0 aliphatic rings. The fourth-order valence-corrected chi connectivity index (χ4v) is 2.29. The van der Waals surface area contributed by atoms with Gasteiger partial charge in [-0.2, -0.15) is 0 Å². The number of rotatable bonds is 16. The minimum absolute atomic E-state index is 0.0155. The van der Waals surface area contributed by atoms with Crippen molar-refractivity contribution in [3.05, 3.63) is 48.6 Å². The van der Waals surface area contributed by atoms with E-state index in [1.165, 1.54) is 25.7 Å². The lowest BCUT2D eigenvalue weighted by atomic mass is 10.2. The van der Waals surface area contributed by atoms with Crippen LogP contribution in [0.1, 0.15) is 78.1 Å². The molecule has 2 N–H and O–H groups in total. The van der Waals surface area contributed by atoms with Crippen LogP contribution in [0.25, 0.3) is 0 Å². The van der Waals surface area contributed by atoms with Gasteiger partial charge in [0, 0.05) is 13.0 Å². The molecule has 0 aromatic carbocycles. The van der Waals surface area contributed by atoms with Crippen LogP contribution >= 0.6 is 0 Å². The van der Waals surface area contributed by atoms with Crippen LogP contribution in [-0.2, 0) is 4.79 Å². The van der Waals surface area contributed by atoms with E-state index >= 15 is 0 Å². The van der Waals surface area contributed by atoms with Crippen molar-refractivity contribution >= 4 is 5.91 Å². The van der Waals surface area contributed by atoms with Crippen LogP contribution in [0.3, 0.4) is 0 Å². The van der Waals surface area contributed by atoms with E-state index in [0.29, 0.717) is 13.0 Å². The molecule has 1 amide bonds. The van der Waals surface area contributed by atoms with Gasteiger partial charge in [0.25, 0.3) is 0 Å². The Bertz CT molecular complexity index is 433. The van der Waals surface area contributed by atoms with Crippen LogP contribution in [0, 0.1) is 0 Å². The molecule has 0 bridgehead atoms. The average Bonchev–Trinajstić information content (AvgIpc) is 2.62. The number of hydrogen-bond acceptors (Lipinski definition) is 2. The summed E-state index contributed by atoms with van der Waals surface area (Å²) >= 11 is 0. The van der Waals surface area contributed by atoms with Crippen molar-refractivity contribution < 1.29 is 9.90 Å². The molecule has 0 heterocycles. The maximum atomic E-state index is 11.4. The highest BCUT2D eigenvalue weighted by molar-refractivity contribution is 5.75. The smallest absolute Gasteiger partial charge is 0.220 e. The van der Waals surface area contributed by atoms with E-state index in [1.54, 1.807) is 6.92 Å². The van der Waals surface area contributed by atoms with Gasteiger partial charge in [0.05, 0.1) is 6.10 Å². The molecule has 26 heavy (non-hydrogen) atoms. The van der Waals surface area contributed by atoms with Crippen molar-refractivity contribution in [1.82, 2.24) is 5.32 Å². The number of allylic oxidation sites excluding steroid dienone is 8. The Kier molecular flexibility index (Phi) is 18.5. The fraction of sp³-hybridized carbons (Fsp3) is 0.609. The molecule has 0 aliphatic carbocycles. The van der Waals surface area contributed by atoms with E-state index < -0.39 is 6.10 Å². The maximum Gasteiger partial charge on any atom is 0.220 e. The highest BCUT2D eigenvalue weighted by Crippen LogP contribution is 2.01. The minimum Gasteiger partial charge on any atom is -0.392 e. The standard InChI is InChI=1S/C23H39NO2/c1-3-4-5-6-7-8-9-10-11-12-13-14-15-16-17-18-19-20-23(26)24-21-22(2)25/h7-8,10-11,13-14,16-17,22,25H,3-6,9,12,15,18-21H2,1-2H3,(H,24,26)/t22-/m1/s1. The van der Waals surface area contributed by atoms with E-state index in [1.807, 2.05) is 0 Å². The van der Waals surface area contributed by atoms with E-state index in [-0.39, 0.29) is 5.91 Å². The first-order valence-corrected chi connectivity index (χ1v) is 10.2. The Morgan fingerprint density at radius 2 is 1.35 bits per heavy atom. The van der Waals surface area contributed by atoms with Gasteiger partial charge in [0.15, 0.2) is 0 Å². The third-order valence-corrected chi connectivity index (χ3v) is 3.83. The van der Waals surface area contributed by atoms with E-state index in [2.05, 4.69) is 60.8 Å². The average molecular weight is 362 g/mol. The highest BCUT2D eigenvalue weighted by atomic mass is 16.3. The lowest BCUT2D eigenvalue weighted by Gasteiger charge is -2.05. The number of carbonyl (C=O) groups is 1. The lowest BCUT2D eigenvalue weighted by molar-refractivity contribution is -0.121. The van der Waals surface area contributed by atoms with Gasteiger partial charge in [0.1, 0.15) is 0 Å². The summed E-state index contributed by atoms with van der Waals surface area (Å²) < 4.78 is 0. The lowest BCUT2D eigenvalue weighted by Crippen LogP contribution is -2.30. The van der Waals surface area contributed by atoms with E-state index in [4.69, 9.17) is 5.11 Å². The fourth-order valence-electron chi connectivity index (χ4n) is 2.29. The Hall–Kier alpha value is -1.61. The van der Waals surface area contributed by atoms with Crippen LogP contribution in [0.2, 0.25) is 0 Å². The summed E-state index contributed by atoms with van der Waals surface area (Å²) in [5, 5.41) is 11.8. The summed E-state index contributed by atoms with van der Waals surface area (Å²) in [6, 6.07) is 0. The van der Waals surface area contributed by atoms with E-state index in [0.717, 1.165) is 32.1 Å².